The molecule has 0 aliphatic heterocycles. The van der Waals surface area contributed by atoms with Crippen LogP contribution in [-0.4, -0.2) is 30.2 Å². The highest BCUT2D eigenvalue weighted by Crippen LogP contribution is 2.13. The first kappa shape index (κ1) is 14.9. The molecule has 4 heteroatoms. The number of nitrogens with one attached hydrogen (secondary N) is 1. The number of hydrogen-bond donors (Lipinski definition) is 1. The van der Waals surface area contributed by atoms with E-state index >= 15 is 0 Å². The molecule has 102 valence electrons. The van der Waals surface area contributed by atoms with Gasteiger partial charge in [0.25, 0.3) is 0 Å². The van der Waals surface area contributed by atoms with Gasteiger partial charge in [0, 0.05) is 37.9 Å². The molecule has 0 spiro atoms. The Kier molecular flexibility index (Phi) is 6.65. The lowest BCUT2D eigenvalue weighted by Crippen LogP contribution is -2.08. The minimum atomic E-state index is 0.368. The summed E-state index contributed by atoms with van der Waals surface area (Å²) in [6.07, 6.45) is 3.45. The summed E-state index contributed by atoms with van der Waals surface area (Å²) >= 11 is 0. The maximum absolute atomic E-state index is 5.02. The van der Waals surface area contributed by atoms with Crippen molar-refractivity contribution in [3.05, 3.63) is 17.6 Å². The Balaban J connectivity index is 2.37. The summed E-state index contributed by atoms with van der Waals surface area (Å²) in [5.41, 5.74) is 1.02. The number of methoxy groups -OCH3 is 1. The predicted molar refractivity (Wildman–Crippen MR) is 75.1 cm³/mol. The van der Waals surface area contributed by atoms with E-state index in [-0.39, 0.29) is 0 Å². The van der Waals surface area contributed by atoms with Crippen LogP contribution >= 0.6 is 0 Å². The van der Waals surface area contributed by atoms with Crippen molar-refractivity contribution in [2.24, 2.45) is 0 Å². The van der Waals surface area contributed by atoms with Crippen LogP contribution in [0.25, 0.3) is 0 Å². The van der Waals surface area contributed by atoms with E-state index in [4.69, 9.17) is 4.74 Å². The summed E-state index contributed by atoms with van der Waals surface area (Å²) in [7, 11) is 1.75. The van der Waals surface area contributed by atoms with E-state index in [1.807, 2.05) is 13.0 Å². The van der Waals surface area contributed by atoms with E-state index in [9.17, 15) is 0 Å². The van der Waals surface area contributed by atoms with Gasteiger partial charge in [0.1, 0.15) is 11.6 Å². The van der Waals surface area contributed by atoms with Crippen molar-refractivity contribution >= 4 is 5.82 Å². The number of unbranched alkanes of at least 4 members (excludes halogenated alkanes) is 2. The SMILES string of the molecule is COCCCCCNc1cc(C)nc(C(C)C)n1. The summed E-state index contributed by atoms with van der Waals surface area (Å²) in [5, 5.41) is 3.37. The quantitative estimate of drug-likeness (QED) is 0.721. The minimum absolute atomic E-state index is 0.368. The van der Waals surface area contributed by atoms with Crippen molar-refractivity contribution in [1.29, 1.82) is 0 Å². The first-order valence-corrected chi connectivity index (χ1v) is 6.72. The first-order chi connectivity index (χ1) is 8.63. The zero-order valence-corrected chi connectivity index (χ0v) is 12.0. The molecule has 0 bridgehead atoms. The van der Waals surface area contributed by atoms with Crippen LogP contribution in [0.1, 0.15) is 50.5 Å². The van der Waals surface area contributed by atoms with Gasteiger partial charge in [0.05, 0.1) is 0 Å². The van der Waals surface area contributed by atoms with Crippen molar-refractivity contribution in [3.8, 4) is 0 Å². The monoisotopic (exact) mass is 251 g/mol. The number of aromatic nitrogens is 2. The smallest absolute Gasteiger partial charge is 0.133 e. The predicted octanol–water partition coefficient (Wildman–Crippen LogP) is 3.14. The van der Waals surface area contributed by atoms with E-state index in [0.717, 1.165) is 43.3 Å². The fourth-order valence-corrected chi connectivity index (χ4v) is 1.70. The molecule has 0 saturated heterocycles. The molecule has 0 aliphatic rings. The fourth-order valence-electron chi connectivity index (χ4n) is 1.70. The van der Waals surface area contributed by atoms with Gasteiger partial charge in [-0.25, -0.2) is 9.97 Å². The fraction of sp³-hybridized carbons (Fsp3) is 0.714. The highest BCUT2D eigenvalue weighted by molar-refractivity contribution is 5.36. The van der Waals surface area contributed by atoms with E-state index in [2.05, 4.69) is 29.1 Å². The van der Waals surface area contributed by atoms with Crippen molar-refractivity contribution in [3.63, 3.8) is 0 Å². The van der Waals surface area contributed by atoms with E-state index < -0.39 is 0 Å². The van der Waals surface area contributed by atoms with Gasteiger partial charge in [-0.1, -0.05) is 13.8 Å². The number of anilines is 1. The molecule has 0 aliphatic carbocycles. The summed E-state index contributed by atoms with van der Waals surface area (Å²) < 4.78 is 5.02. The Hall–Kier alpha value is -1.16. The largest absolute Gasteiger partial charge is 0.385 e. The lowest BCUT2D eigenvalue weighted by molar-refractivity contribution is 0.192. The Morgan fingerprint density at radius 1 is 1.22 bits per heavy atom. The van der Waals surface area contributed by atoms with E-state index in [1.165, 1.54) is 6.42 Å². The van der Waals surface area contributed by atoms with Crippen LogP contribution in [0.3, 0.4) is 0 Å². The van der Waals surface area contributed by atoms with Crippen molar-refractivity contribution in [1.82, 2.24) is 9.97 Å². The number of rotatable bonds is 8. The maximum atomic E-state index is 5.02. The zero-order valence-electron chi connectivity index (χ0n) is 12.0. The molecule has 0 aromatic carbocycles. The molecule has 0 atom stereocenters. The third-order valence-electron chi connectivity index (χ3n) is 2.72. The maximum Gasteiger partial charge on any atom is 0.133 e. The Morgan fingerprint density at radius 3 is 2.67 bits per heavy atom. The highest BCUT2D eigenvalue weighted by atomic mass is 16.5. The molecule has 0 saturated carbocycles. The number of hydrogen-bond acceptors (Lipinski definition) is 4. The number of nitrogens with zero attached hydrogens (tertiary/aromatic N) is 2. The van der Waals surface area contributed by atoms with Crippen molar-refractivity contribution in [2.75, 3.05) is 25.6 Å². The second-order valence-electron chi connectivity index (χ2n) is 4.89. The normalized spacial score (nSPS) is 10.9. The molecule has 4 nitrogen and oxygen atoms in total. The summed E-state index contributed by atoms with van der Waals surface area (Å²) in [6.45, 7) is 8.05. The van der Waals surface area contributed by atoms with Gasteiger partial charge in [-0.05, 0) is 26.2 Å². The average Bonchev–Trinajstić information content (AvgIpc) is 2.33. The molecule has 1 heterocycles. The van der Waals surface area contributed by atoms with Crippen LogP contribution in [0, 0.1) is 6.92 Å². The van der Waals surface area contributed by atoms with Crippen molar-refractivity contribution < 1.29 is 4.74 Å². The third kappa shape index (κ3) is 5.45. The summed E-state index contributed by atoms with van der Waals surface area (Å²) in [6, 6.07) is 2.00. The molecule has 18 heavy (non-hydrogen) atoms. The van der Waals surface area contributed by atoms with Gasteiger partial charge < -0.3 is 10.1 Å². The van der Waals surface area contributed by atoms with Crippen LogP contribution in [0.5, 0.6) is 0 Å². The highest BCUT2D eigenvalue weighted by Gasteiger charge is 2.05. The molecule has 0 amide bonds. The molecule has 1 aromatic rings. The van der Waals surface area contributed by atoms with Crippen LogP contribution in [0.4, 0.5) is 5.82 Å². The second-order valence-corrected chi connectivity index (χ2v) is 4.89. The van der Waals surface area contributed by atoms with Crippen LogP contribution < -0.4 is 5.32 Å². The summed E-state index contributed by atoms with van der Waals surface area (Å²) in [4.78, 5) is 8.95. The number of ether oxygens (including phenoxy) is 1. The zero-order chi connectivity index (χ0) is 13.4. The van der Waals surface area contributed by atoms with Gasteiger partial charge in [0.2, 0.25) is 0 Å². The Morgan fingerprint density at radius 2 is 2.00 bits per heavy atom. The third-order valence-corrected chi connectivity index (χ3v) is 2.72. The molecular weight excluding hydrogens is 226 g/mol. The Bertz CT molecular complexity index is 353. The molecule has 0 unspecified atom stereocenters. The molecular formula is C14H25N3O. The summed E-state index contributed by atoms with van der Waals surface area (Å²) in [5.74, 6) is 2.22. The van der Waals surface area contributed by atoms with Gasteiger partial charge in [0.15, 0.2) is 0 Å². The van der Waals surface area contributed by atoms with Crippen molar-refractivity contribution in [2.45, 2.75) is 46.0 Å². The topological polar surface area (TPSA) is 47.0 Å². The first-order valence-electron chi connectivity index (χ1n) is 6.72. The van der Waals surface area contributed by atoms with Gasteiger partial charge in [-0.15, -0.1) is 0 Å². The molecule has 1 aromatic heterocycles. The van der Waals surface area contributed by atoms with Crippen LogP contribution in [-0.2, 0) is 4.74 Å². The van der Waals surface area contributed by atoms with Crippen LogP contribution in [0.2, 0.25) is 0 Å². The van der Waals surface area contributed by atoms with E-state index in [1.54, 1.807) is 7.11 Å². The molecule has 0 radical (unpaired) electrons. The van der Waals surface area contributed by atoms with E-state index in [0.29, 0.717) is 5.92 Å². The number of aryl methyl sites for hydroxylation is 1. The van der Waals surface area contributed by atoms with Gasteiger partial charge in [-0.2, -0.15) is 0 Å². The molecule has 1 rings (SSSR count). The average molecular weight is 251 g/mol. The molecule has 0 fully saturated rings. The second kappa shape index (κ2) is 8.03. The van der Waals surface area contributed by atoms with Gasteiger partial charge in [-0.3, -0.25) is 0 Å². The van der Waals surface area contributed by atoms with Crippen LogP contribution in [0.15, 0.2) is 6.07 Å². The standard InChI is InChI=1S/C14H25N3O/c1-11(2)14-16-12(3)10-13(17-14)15-8-6-5-7-9-18-4/h10-11H,5-9H2,1-4H3,(H,15,16,17). The molecule has 1 N–H and O–H groups in total. The lowest BCUT2D eigenvalue weighted by atomic mass is 10.2. The minimum Gasteiger partial charge on any atom is -0.385 e. The van der Waals surface area contributed by atoms with Gasteiger partial charge >= 0.3 is 0 Å². The Labute approximate surface area is 110 Å². The lowest BCUT2D eigenvalue weighted by Gasteiger charge is -2.10.